The van der Waals surface area contributed by atoms with Crippen LogP contribution in [0.4, 0.5) is 49.7 Å². The van der Waals surface area contributed by atoms with E-state index in [2.05, 4.69) is 20.2 Å². The van der Waals surface area contributed by atoms with Crippen molar-refractivity contribution in [2.24, 2.45) is 5.92 Å². The van der Waals surface area contributed by atoms with E-state index in [1.807, 2.05) is 0 Å². The molecule has 0 aliphatic heterocycles. The molecule has 2 aromatic carbocycles. The number of carbonyl (C=O) groups excluding carboxylic acids is 1. The second kappa shape index (κ2) is 16.2. The molecule has 0 saturated heterocycles. The number of nitrogens with one attached hydrogen (secondary N) is 2. The summed E-state index contributed by atoms with van der Waals surface area (Å²) in [6.07, 6.45) is -7.59. The number of fused-ring (bicyclic) bond motifs is 4. The van der Waals surface area contributed by atoms with Gasteiger partial charge in [-0.2, -0.15) is 32.1 Å². The predicted molar refractivity (Wildman–Crippen MR) is 222 cm³/mol. The highest BCUT2D eigenvalue weighted by atomic mass is 32.2. The fraction of sp³-hybridized carbons (Fsp3) is 0.488. The van der Waals surface area contributed by atoms with Crippen LogP contribution in [0.25, 0.3) is 22.0 Å². The molecule has 4 aliphatic carbocycles. The summed E-state index contributed by atoms with van der Waals surface area (Å²) in [5, 5.41) is 8.07. The third kappa shape index (κ3) is 8.75. The first-order chi connectivity index (χ1) is 31.3. The van der Waals surface area contributed by atoms with Gasteiger partial charge in [-0.25, -0.2) is 38.8 Å². The molecule has 0 unspecified atom stereocenters. The SMILES string of the molecule is CC(C)(CCc1ccc(-c2ccc(F)c3c(NS(=O)(=O)C4CC4)nn(CC(F)F)c23)c([C@H](Cc2cc(F)cc(F)c2)NC(=O)Cn2nc(C(F)(F)F)c3c2C(F)(F)[C@@H]2C[C@H]32)n1)S(=O)(=O)C1CC1. The van der Waals surface area contributed by atoms with Gasteiger partial charge in [0.1, 0.15) is 36.2 Å². The van der Waals surface area contributed by atoms with Crippen molar-refractivity contribution < 1.29 is 65.5 Å². The maximum Gasteiger partial charge on any atom is 0.435 e. The number of rotatable bonds is 17. The summed E-state index contributed by atoms with van der Waals surface area (Å²) in [5.41, 5.74) is -4.17. The fourth-order valence-electron chi connectivity index (χ4n) is 9.13. The summed E-state index contributed by atoms with van der Waals surface area (Å²) >= 11 is 0. The van der Waals surface area contributed by atoms with Crippen LogP contribution in [0.5, 0.6) is 0 Å². The van der Waals surface area contributed by atoms with Crippen molar-refractivity contribution in [1.82, 2.24) is 29.9 Å². The summed E-state index contributed by atoms with van der Waals surface area (Å²) in [7, 11) is -7.79. The molecule has 24 heteroatoms. The van der Waals surface area contributed by atoms with Gasteiger partial charge >= 0.3 is 6.18 Å². The number of benzene rings is 2. The van der Waals surface area contributed by atoms with Gasteiger partial charge in [0.15, 0.2) is 21.3 Å². The molecule has 3 atom stereocenters. The average Bonchev–Trinajstić information content (AvgIpc) is 4.11. The van der Waals surface area contributed by atoms with Gasteiger partial charge in [0.2, 0.25) is 15.9 Å². The number of sulfone groups is 1. The van der Waals surface area contributed by atoms with Crippen molar-refractivity contribution >= 4 is 42.5 Å². The lowest BCUT2D eigenvalue weighted by Crippen LogP contribution is -2.36. The Balaban J connectivity index is 1.19. The highest BCUT2D eigenvalue weighted by Gasteiger charge is 2.68. The van der Waals surface area contributed by atoms with Gasteiger partial charge in [0, 0.05) is 34.4 Å². The third-order valence-electron chi connectivity index (χ3n) is 12.9. The lowest BCUT2D eigenvalue weighted by molar-refractivity contribution is -0.142. The van der Waals surface area contributed by atoms with Gasteiger partial charge in [-0.1, -0.05) is 6.07 Å². The number of hydrogen-bond acceptors (Lipinski definition) is 8. The van der Waals surface area contributed by atoms with Gasteiger partial charge < -0.3 is 5.32 Å². The first-order valence-corrected chi connectivity index (χ1v) is 24.4. The van der Waals surface area contributed by atoms with Gasteiger partial charge in [0.05, 0.1) is 37.9 Å². The van der Waals surface area contributed by atoms with Crippen LogP contribution >= 0.6 is 0 Å². The summed E-state index contributed by atoms with van der Waals surface area (Å²) in [4.78, 5) is 18.9. The maximum atomic E-state index is 16.0. The lowest BCUT2D eigenvalue weighted by Gasteiger charge is -2.26. The highest BCUT2D eigenvalue weighted by Crippen LogP contribution is 2.68. The molecular weight excluding hydrogens is 949 g/mol. The number of halogens is 10. The second-order valence-corrected chi connectivity index (χ2v) is 23.1. The highest BCUT2D eigenvalue weighted by molar-refractivity contribution is 7.93. The molecule has 4 aliphatic rings. The number of nitrogens with zero attached hydrogens (tertiary/aromatic N) is 5. The van der Waals surface area contributed by atoms with E-state index in [1.54, 1.807) is 0 Å². The predicted octanol–water partition coefficient (Wildman–Crippen LogP) is 8.50. The Kier molecular flexibility index (Phi) is 11.3. The zero-order chi connectivity index (χ0) is 48.3. The normalized spacial score (nSPS) is 19.7. The molecular formula is C43H41F10N7O5S2. The number of alkyl halides is 7. The van der Waals surface area contributed by atoms with E-state index in [-0.39, 0.29) is 70.4 Å². The van der Waals surface area contributed by atoms with E-state index in [0.717, 1.165) is 24.3 Å². The Bertz CT molecular complexity index is 3040. The Morgan fingerprint density at radius 2 is 1.55 bits per heavy atom. The monoisotopic (exact) mass is 989 g/mol. The van der Waals surface area contributed by atoms with Gasteiger partial charge in [-0.15, -0.1) is 0 Å². The number of aromatic nitrogens is 5. The summed E-state index contributed by atoms with van der Waals surface area (Å²) in [5.74, 6) is -11.4. The van der Waals surface area contributed by atoms with Crippen LogP contribution in [0, 0.1) is 23.4 Å². The molecule has 3 fully saturated rings. The molecule has 1 amide bonds. The van der Waals surface area contributed by atoms with Crippen molar-refractivity contribution in [2.45, 2.75) is 124 Å². The number of sulfonamides is 1. The maximum absolute atomic E-state index is 16.0. The molecule has 3 saturated carbocycles. The molecule has 9 rings (SSSR count). The Hall–Kier alpha value is -5.26. The van der Waals surface area contributed by atoms with Crippen LogP contribution in [0.1, 0.15) is 98.2 Å². The minimum absolute atomic E-state index is 0.00164. The molecule has 2 N–H and O–H groups in total. The smallest absolute Gasteiger partial charge is 0.346 e. The summed E-state index contributed by atoms with van der Waals surface area (Å²) in [6, 6.07) is 5.55. The molecule has 0 radical (unpaired) electrons. The van der Waals surface area contributed by atoms with Crippen molar-refractivity contribution in [3.8, 4) is 11.1 Å². The number of carbonyl (C=O) groups is 1. The quantitative estimate of drug-likeness (QED) is 0.0879. The second-order valence-electron chi connectivity index (χ2n) is 18.3. The first-order valence-electron chi connectivity index (χ1n) is 21.3. The van der Waals surface area contributed by atoms with Crippen LogP contribution < -0.4 is 10.0 Å². The molecule has 67 heavy (non-hydrogen) atoms. The summed E-state index contributed by atoms with van der Waals surface area (Å²) in [6.45, 7) is 0.674. The standard InChI is InChI=1S/C43H41F10N7O5S2/c1-41(2,66(62,63)24-4-5-24)12-11-23-3-8-26(27-9-10-30(46)35-37(27)59(18-32(47)48)57-40(35)58-67(64,65)25-6-7-25)36(54-23)31(15-20-13-21(44)16-22(45)14-20)55-33(61)19-60-39-34(38(56-60)43(51,52)53)28-17-29(28)42(39,49)50/h3,8-10,13-14,16,24-25,28-29,31-32H,4-7,11-12,15,17-19H2,1-2H3,(H,55,61)(H,57,58)/t28-,29+,31-/m0/s1. The molecule has 3 heterocycles. The Labute approximate surface area is 376 Å². The van der Waals surface area contributed by atoms with Crippen LogP contribution in [0.2, 0.25) is 0 Å². The van der Waals surface area contributed by atoms with Crippen molar-refractivity contribution in [3.63, 3.8) is 0 Å². The van der Waals surface area contributed by atoms with Crippen molar-refractivity contribution in [3.05, 3.63) is 93.8 Å². The van der Waals surface area contributed by atoms with E-state index in [4.69, 9.17) is 4.98 Å². The molecule has 5 aromatic rings. The minimum atomic E-state index is -5.16. The van der Waals surface area contributed by atoms with Crippen molar-refractivity contribution in [2.75, 3.05) is 4.72 Å². The average molecular weight is 990 g/mol. The van der Waals surface area contributed by atoms with E-state index < -0.39 is 143 Å². The van der Waals surface area contributed by atoms with E-state index in [0.29, 0.717) is 23.6 Å². The first kappa shape index (κ1) is 46.8. The van der Waals surface area contributed by atoms with Gasteiger partial charge in [0.25, 0.3) is 12.3 Å². The molecule has 360 valence electrons. The van der Waals surface area contributed by atoms with Crippen LogP contribution in [-0.2, 0) is 62.7 Å². The van der Waals surface area contributed by atoms with Crippen LogP contribution in [-0.4, -0.2) is 69.0 Å². The lowest BCUT2D eigenvalue weighted by atomic mass is 9.93. The fourth-order valence-corrected chi connectivity index (χ4v) is 12.5. The zero-order valence-electron chi connectivity index (χ0n) is 35.5. The molecule has 0 spiro atoms. The number of hydrogen-bond donors (Lipinski definition) is 2. The molecule has 0 bridgehead atoms. The van der Waals surface area contributed by atoms with E-state index >= 15 is 13.2 Å². The molecule has 3 aromatic heterocycles. The van der Waals surface area contributed by atoms with E-state index in [1.165, 1.54) is 26.0 Å². The van der Waals surface area contributed by atoms with Crippen LogP contribution in [0.3, 0.4) is 0 Å². The van der Waals surface area contributed by atoms with Crippen LogP contribution in [0.15, 0.2) is 42.5 Å². The summed E-state index contributed by atoms with van der Waals surface area (Å²) < 4.78 is 202. The van der Waals surface area contributed by atoms with Crippen molar-refractivity contribution in [1.29, 1.82) is 0 Å². The topological polar surface area (TPSA) is 158 Å². The third-order valence-corrected chi connectivity index (χ3v) is 17.8. The Morgan fingerprint density at radius 3 is 2.18 bits per heavy atom. The Morgan fingerprint density at radius 1 is 0.896 bits per heavy atom. The number of anilines is 1. The number of amides is 1. The van der Waals surface area contributed by atoms with Gasteiger partial charge in [-0.3, -0.25) is 23.9 Å². The van der Waals surface area contributed by atoms with E-state index in [9.17, 15) is 52.4 Å². The minimum Gasteiger partial charge on any atom is -0.346 e. The van der Waals surface area contributed by atoms with Gasteiger partial charge in [-0.05, 0) is 107 Å². The molecule has 12 nitrogen and oxygen atoms in total. The largest absolute Gasteiger partial charge is 0.435 e. The zero-order valence-corrected chi connectivity index (χ0v) is 37.1. The number of aryl methyl sites for hydroxylation is 1. The number of pyridine rings is 1.